The molecule has 0 heterocycles. The molecule has 0 aromatic rings. The first-order valence-corrected chi connectivity index (χ1v) is 27.7. The smallest absolute Gasteiger partial charge is 0.306 e. The van der Waals surface area contributed by atoms with Crippen molar-refractivity contribution >= 4 is 17.9 Å². The van der Waals surface area contributed by atoms with Crippen LogP contribution in [0.3, 0.4) is 0 Å². The predicted octanol–water partition coefficient (Wildman–Crippen LogP) is 18.2. The Morgan fingerprint density at radius 1 is 0.306 bits per heavy atom. The number of ether oxygens (including phenoxy) is 3. The predicted molar refractivity (Wildman–Crippen MR) is 266 cm³/mol. The molecule has 0 bridgehead atoms. The Morgan fingerprint density at radius 3 is 0.839 bits per heavy atom. The van der Waals surface area contributed by atoms with Gasteiger partial charge in [-0.25, -0.2) is 0 Å². The van der Waals surface area contributed by atoms with Crippen LogP contribution in [0.1, 0.15) is 310 Å². The van der Waals surface area contributed by atoms with Gasteiger partial charge in [0.2, 0.25) is 0 Å². The van der Waals surface area contributed by atoms with E-state index in [9.17, 15) is 14.4 Å². The van der Waals surface area contributed by atoms with Crippen molar-refractivity contribution < 1.29 is 28.6 Å². The number of hydrogen-bond donors (Lipinski definition) is 0. The minimum Gasteiger partial charge on any atom is -0.462 e. The Kier molecular flexibility index (Phi) is 50.2. The number of unbranched alkanes of at least 4 members (excludes halogenated alkanes) is 38. The minimum absolute atomic E-state index is 0.0668. The maximum absolute atomic E-state index is 12.8. The summed E-state index contributed by atoms with van der Waals surface area (Å²) in [5, 5.41) is 0. The van der Waals surface area contributed by atoms with E-state index in [2.05, 4.69) is 32.9 Å². The Balaban J connectivity index is 4.28. The fraction of sp³-hybridized carbons (Fsp3) is 0.911. The van der Waals surface area contributed by atoms with Crippen molar-refractivity contribution in [3.63, 3.8) is 0 Å². The van der Waals surface area contributed by atoms with Crippen molar-refractivity contribution in [2.24, 2.45) is 0 Å². The summed E-state index contributed by atoms with van der Waals surface area (Å²) in [6.07, 6.45) is 57.7. The Bertz CT molecular complexity index is 962. The number of esters is 3. The molecule has 0 fully saturated rings. The van der Waals surface area contributed by atoms with Crippen molar-refractivity contribution in [3.05, 3.63) is 12.2 Å². The molecule has 0 rings (SSSR count). The summed E-state index contributed by atoms with van der Waals surface area (Å²) in [5.74, 6) is -0.855. The quantitative estimate of drug-likeness (QED) is 0.0262. The average Bonchev–Trinajstić information content (AvgIpc) is 3.27. The van der Waals surface area contributed by atoms with Gasteiger partial charge in [0.05, 0.1) is 0 Å². The first-order chi connectivity index (χ1) is 30.5. The third-order valence-electron chi connectivity index (χ3n) is 12.5. The molecule has 6 nitrogen and oxygen atoms in total. The van der Waals surface area contributed by atoms with Gasteiger partial charge in [-0.05, 0) is 44.9 Å². The van der Waals surface area contributed by atoms with Crippen molar-refractivity contribution in [2.45, 2.75) is 316 Å². The molecule has 62 heavy (non-hydrogen) atoms. The molecule has 0 saturated carbocycles. The molecule has 0 aliphatic rings. The molecule has 6 heteroatoms. The lowest BCUT2D eigenvalue weighted by molar-refractivity contribution is -0.167. The topological polar surface area (TPSA) is 78.9 Å². The Labute approximate surface area is 386 Å². The molecule has 0 unspecified atom stereocenters. The number of carbonyl (C=O) groups excluding carboxylic acids is 3. The van der Waals surface area contributed by atoms with Gasteiger partial charge >= 0.3 is 17.9 Å². The highest BCUT2D eigenvalue weighted by Crippen LogP contribution is 2.17. The SMILES string of the molecule is CCCCC/C=C\CCCCCCCC(=O)OC[C@H](COC(=O)CCCCCCCCCCCCCCCCCCCC)OC(=O)CCCCCCCCCCCCCCCC. The molecule has 1 atom stereocenters. The van der Waals surface area contributed by atoms with Gasteiger partial charge in [-0.1, -0.05) is 258 Å². The molecule has 0 radical (unpaired) electrons. The van der Waals surface area contributed by atoms with Crippen LogP contribution in [-0.4, -0.2) is 37.2 Å². The van der Waals surface area contributed by atoms with E-state index >= 15 is 0 Å². The molecule has 0 saturated heterocycles. The highest BCUT2D eigenvalue weighted by atomic mass is 16.6. The fourth-order valence-corrected chi connectivity index (χ4v) is 8.32. The van der Waals surface area contributed by atoms with Crippen LogP contribution in [0.5, 0.6) is 0 Å². The van der Waals surface area contributed by atoms with Gasteiger partial charge in [-0.2, -0.15) is 0 Å². The molecule has 0 aliphatic heterocycles. The summed E-state index contributed by atoms with van der Waals surface area (Å²) in [6.45, 7) is 6.66. The molecule has 0 N–H and O–H groups in total. The van der Waals surface area contributed by atoms with Crippen molar-refractivity contribution in [2.75, 3.05) is 13.2 Å². The van der Waals surface area contributed by atoms with Gasteiger partial charge in [-0.3, -0.25) is 14.4 Å². The van der Waals surface area contributed by atoms with Crippen LogP contribution in [0.4, 0.5) is 0 Å². The summed E-state index contributed by atoms with van der Waals surface area (Å²) in [4.78, 5) is 38.0. The molecule has 0 spiro atoms. The van der Waals surface area contributed by atoms with Crippen LogP contribution >= 0.6 is 0 Å². The monoisotopic (exact) mass is 875 g/mol. The standard InChI is InChI=1S/C56H106O6/c1-4-7-10-13-16-19-22-25-27-28-29-30-32-34-37-40-43-46-49-55(58)61-52-53(51-60-54(57)48-45-42-39-36-33-24-21-18-15-12-9-6-3)62-56(59)50-47-44-41-38-35-31-26-23-20-17-14-11-8-5-2/h18,21,53H,4-17,19-20,22-52H2,1-3H3/b21-18-/t53-/m1/s1. The normalized spacial score (nSPS) is 12.0. The van der Waals surface area contributed by atoms with E-state index in [-0.39, 0.29) is 31.1 Å². The largest absolute Gasteiger partial charge is 0.462 e. The first kappa shape index (κ1) is 60.2. The van der Waals surface area contributed by atoms with E-state index in [1.807, 2.05) is 0 Å². The zero-order chi connectivity index (χ0) is 45.1. The number of allylic oxidation sites excluding steroid dienone is 2. The van der Waals surface area contributed by atoms with Gasteiger partial charge in [0, 0.05) is 19.3 Å². The van der Waals surface area contributed by atoms with Crippen molar-refractivity contribution in [1.29, 1.82) is 0 Å². The second-order valence-electron chi connectivity index (χ2n) is 18.9. The number of carbonyl (C=O) groups is 3. The van der Waals surface area contributed by atoms with Gasteiger partial charge in [0.15, 0.2) is 6.10 Å². The van der Waals surface area contributed by atoms with Crippen LogP contribution in [0.15, 0.2) is 12.2 Å². The maximum Gasteiger partial charge on any atom is 0.306 e. The van der Waals surface area contributed by atoms with Gasteiger partial charge < -0.3 is 14.2 Å². The summed E-state index contributed by atoms with van der Waals surface area (Å²) < 4.78 is 16.8. The molecule has 0 aromatic carbocycles. The Hall–Kier alpha value is -1.85. The van der Waals surface area contributed by atoms with Gasteiger partial charge in [0.1, 0.15) is 13.2 Å². The maximum atomic E-state index is 12.8. The fourth-order valence-electron chi connectivity index (χ4n) is 8.32. The molecule has 0 aliphatic carbocycles. The van der Waals surface area contributed by atoms with Crippen LogP contribution < -0.4 is 0 Å². The molecule has 366 valence electrons. The third-order valence-corrected chi connectivity index (χ3v) is 12.5. The number of rotatable bonds is 51. The summed E-state index contributed by atoms with van der Waals surface area (Å²) in [7, 11) is 0. The van der Waals surface area contributed by atoms with E-state index < -0.39 is 6.10 Å². The van der Waals surface area contributed by atoms with Gasteiger partial charge in [0.25, 0.3) is 0 Å². The Morgan fingerprint density at radius 2 is 0.532 bits per heavy atom. The third kappa shape index (κ3) is 49.2. The molecule has 0 aromatic heterocycles. The first-order valence-electron chi connectivity index (χ1n) is 27.7. The second-order valence-corrected chi connectivity index (χ2v) is 18.9. The summed E-state index contributed by atoms with van der Waals surface area (Å²) in [6, 6.07) is 0. The number of hydrogen-bond acceptors (Lipinski definition) is 6. The molecular weight excluding hydrogens is 769 g/mol. The van der Waals surface area contributed by atoms with Crippen LogP contribution in [-0.2, 0) is 28.6 Å². The minimum atomic E-state index is -0.766. The van der Waals surface area contributed by atoms with E-state index in [1.165, 1.54) is 205 Å². The second kappa shape index (κ2) is 51.8. The molecular formula is C56H106O6. The highest BCUT2D eigenvalue weighted by molar-refractivity contribution is 5.71. The zero-order valence-corrected chi connectivity index (χ0v) is 41.9. The van der Waals surface area contributed by atoms with Crippen molar-refractivity contribution in [3.8, 4) is 0 Å². The lowest BCUT2D eigenvalue weighted by Gasteiger charge is -2.18. The zero-order valence-electron chi connectivity index (χ0n) is 41.9. The highest BCUT2D eigenvalue weighted by Gasteiger charge is 2.19. The molecule has 0 amide bonds. The van der Waals surface area contributed by atoms with Crippen LogP contribution in [0.25, 0.3) is 0 Å². The van der Waals surface area contributed by atoms with E-state index in [4.69, 9.17) is 14.2 Å². The van der Waals surface area contributed by atoms with Gasteiger partial charge in [-0.15, -0.1) is 0 Å². The lowest BCUT2D eigenvalue weighted by atomic mass is 10.0. The van der Waals surface area contributed by atoms with E-state index in [0.717, 1.165) is 64.2 Å². The van der Waals surface area contributed by atoms with Crippen molar-refractivity contribution in [1.82, 2.24) is 0 Å². The average molecular weight is 875 g/mol. The van der Waals surface area contributed by atoms with Crippen LogP contribution in [0.2, 0.25) is 0 Å². The lowest BCUT2D eigenvalue weighted by Crippen LogP contribution is -2.30. The summed E-state index contributed by atoms with van der Waals surface area (Å²) in [5.41, 5.74) is 0. The summed E-state index contributed by atoms with van der Waals surface area (Å²) >= 11 is 0. The van der Waals surface area contributed by atoms with E-state index in [1.54, 1.807) is 0 Å². The van der Waals surface area contributed by atoms with E-state index in [0.29, 0.717) is 19.3 Å². The van der Waals surface area contributed by atoms with Crippen LogP contribution in [0, 0.1) is 0 Å².